The number of benzene rings is 1. The molecule has 0 radical (unpaired) electrons. The maximum Gasteiger partial charge on any atom is 0.119 e. The minimum atomic E-state index is -0.525. The van der Waals surface area contributed by atoms with Gasteiger partial charge in [0.1, 0.15) is 5.75 Å². The van der Waals surface area contributed by atoms with Crippen LogP contribution in [0.3, 0.4) is 0 Å². The predicted molar refractivity (Wildman–Crippen MR) is 97.9 cm³/mol. The average molecular weight is 322 g/mol. The number of aryl methyl sites for hydroxylation is 1. The number of unbranched alkanes of at least 4 members (excludes halogenated alkanes) is 4. The molecule has 23 heavy (non-hydrogen) atoms. The molecule has 0 saturated heterocycles. The molecule has 1 aromatic carbocycles. The van der Waals surface area contributed by atoms with Gasteiger partial charge in [-0.15, -0.1) is 0 Å². The molecule has 3 nitrogen and oxygen atoms in total. The van der Waals surface area contributed by atoms with Crippen LogP contribution in [-0.4, -0.2) is 23.4 Å². The Hall–Kier alpha value is -1.06. The molecular weight excluding hydrogens is 286 g/mol. The Balaban J connectivity index is 2.30. The number of nitrogens with two attached hydrogens (primary N) is 1. The summed E-state index contributed by atoms with van der Waals surface area (Å²) in [6, 6.07) is 8.26. The molecule has 0 fully saturated rings. The van der Waals surface area contributed by atoms with E-state index in [1.54, 1.807) is 0 Å². The molecule has 3 N–H and O–H groups in total. The van der Waals surface area contributed by atoms with Crippen LogP contribution in [0, 0.1) is 0 Å². The first kappa shape index (κ1) is 20.0. The lowest BCUT2D eigenvalue weighted by Crippen LogP contribution is -2.48. The Morgan fingerprint density at radius 3 is 2.35 bits per heavy atom. The van der Waals surface area contributed by atoms with Crippen LogP contribution in [0.5, 0.6) is 5.75 Å². The lowest BCUT2D eigenvalue weighted by atomic mass is 9.87. The average Bonchev–Trinajstić information content (AvgIpc) is 2.56. The summed E-state index contributed by atoms with van der Waals surface area (Å²) in [6.07, 6.45) is 8.18. The molecule has 0 unspecified atom stereocenters. The van der Waals surface area contributed by atoms with E-state index in [0.29, 0.717) is 6.42 Å². The summed E-state index contributed by atoms with van der Waals surface area (Å²) < 4.78 is 5.78. The van der Waals surface area contributed by atoms with Gasteiger partial charge in [-0.3, -0.25) is 0 Å². The van der Waals surface area contributed by atoms with Gasteiger partial charge in [-0.05, 0) is 50.3 Å². The topological polar surface area (TPSA) is 55.5 Å². The largest absolute Gasteiger partial charge is 0.494 e. The molecule has 0 heterocycles. The number of aliphatic hydroxyl groups is 1. The van der Waals surface area contributed by atoms with Gasteiger partial charge in [0.05, 0.1) is 12.7 Å². The molecule has 1 aromatic rings. The summed E-state index contributed by atoms with van der Waals surface area (Å²) in [5, 5.41) is 9.94. The van der Waals surface area contributed by atoms with Gasteiger partial charge in [0, 0.05) is 5.54 Å². The highest BCUT2D eigenvalue weighted by atomic mass is 16.5. The number of hydrogen-bond acceptors (Lipinski definition) is 3. The van der Waals surface area contributed by atoms with Gasteiger partial charge >= 0.3 is 0 Å². The SMILES string of the molecule is CCCCCCCOc1ccc(CC[C@@](C)(N)[C@@H](O)CC)cc1. The van der Waals surface area contributed by atoms with Gasteiger partial charge < -0.3 is 15.6 Å². The Labute approximate surface area is 142 Å². The van der Waals surface area contributed by atoms with E-state index in [1.807, 2.05) is 26.0 Å². The van der Waals surface area contributed by atoms with Gasteiger partial charge in [-0.2, -0.15) is 0 Å². The van der Waals surface area contributed by atoms with E-state index in [1.165, 1.54) is 31.2 Å². The van der Waals surface area contributed by atoms with Crippen LogP contribution in [0.15, 0.2) is 24.3 Å². The third kappa shape index (κ3) is 7.85. The van der Waals surface area contributed by atoms with Crippen LogP contribution in [0.4, 0.5) is 0 Å². The summed E-state index contributed by atoms with van der Waals surface area (Å²) in [6.45, 7) is 6.92. The van der Waals surface area contributed by atoms with Crippen LogP contribution in [0.1, 0.15) is 71.3 Å². The number of hydrogen-bond donors (Lipinski definition) is 2. The first-order chi connectivity index (χ1) is 11.0. The van der Waals surface area contributed by atoms with E-state index < -0.39 is 11.6 Å². The van der Waals surface area contributed by atoms with E-state index in [0.717, 1.165) is 31.6 Å². The lowest BCUT2D eigenvalue weighted by Gasteiger charge is -2.29. The summed E-state index contributed by atoms with van der Waals surface area (Å²) in [7, 11) is 0. The van der Waals surface area contributed by atoms with E-state index in [4.69, 9.17) is 10.5 Å². The second-order valence-electron chi connectivity index (χ2n) is 6.84. The highest BCUT2D eigenvalue weighted by molar-refractivity contribution is 5.27. The van der Waals surface area contributed by atoms with Crippen LogP contribution >= 0.6 is 0 Å². The van der Waals surface area contributed by atoms with E-state index in [-0.39, 0.29) is 0 Å². The molecule has 0 aliphatic heterocycles. The Kier molecular flexibility index (Phi) is 9.27. The summed E-state index contributed by atoms with van der Waals surface area (Å²) in [5.41, 5.74) is 6.90. The second kappa shape index (κ2) is 10.7. The summed E-state index contributed by atoms with van der Waals surface area (Å²) in [5.74, 6) is 0.938. The quantitative estimate of drug-likeness (QED) is 0.559. The molecule has 3 heteroatoms. The van der Waals surface area contributed by atoms with Crippen molar-refractivity contribution in [1.29, 1.82) is 0 Å². The molecule has 0 bridgehead atoms. The van der Waals surface area contributed by atoms with Crippen molar-refractivity contribution in [2.75, 3.05) is 6.61 Å². The zero-order valence-corrected chi connectivity index (χ0v) is 15.2. The monoisotopic (exact) mass is 321 g/mol. The minimum absolute atomic E-state index is 0.446. The highest BCUT2D eigenvalue weighted by Crippen LogP contribution is 2.19. The van der Waals surface area contributed by atoms with Crippen molar-refractivity contribution in [3.8, 4) is 5.75 Å². The first-order valence-corrected chi connectivity index (χ1v) is 9.18. The molecule has 0 aliphatic carbocycles. The zero-order chi connectivity index (χ0) is 17.1. The number of rotatable bonds is 12. The van der Waals surface area contributed by atoms with Crippen LogP contribution in [-0.2, 0) is 6.42 Å². The standard InChI is InChI=1S/C20H35NO2/c1-4-6-7-8-9-16-23-18-12-10-17(11-13-18)14-15-20(3,21)19(22)5-2/h10-13,19,22H,4-9,14-16,21H2,1-3H3/t19-,20+/m0/s1. The maximum atomic E-state index is 9.94. The van der Waals surface area contributed by atoms with E-state index in [2.05, 4.69) is 19.1 Å². The fraction of sp³-hybridized carbons (Fsp3) is 0.700. The zero-order valence-electron chi connectivity index (χ0n) is 15.2. The van der Waals surface area contributed by atoms with Crippen molar-refractivity contribution in [2.45, 2.75) is 83.8 Å². The Morgan fingerprint density at radius 1 is 1.09 bits per heavy atom. The van der Waals surface area contributed by atoms with Crippen molar-refractivity contribution in [2.24, 2.45) is 5.73 Å². The summed E-state index contributed by atoms with van der Waals surface area (Å²) >= 11 is 0. The van der Waals surface area contributed by atoms with Crippen molar-refractivity contribution in [3.63, 3.8) is 0 Å². The predicted octanol–water partition coefficient (Wildman–Crippen LogP) is 4.46. The third-order valence-electron chi connectivity index (χ3n) is 4.54. The smallest absolute Gasteiger partial charge is 0.119 e. The van der Waals surface area contributed by atoms with Crippen molar-refractivity contribution < 1.29 is 9.84 Å². The van der Waals surface area contributed by atoms with Gasteiger partial charge in [-0.1, -0.05) is 51.7 Å². The van der Waals surface area contributed by atoms with Crippen molar-refractivity contribution in [1.82, 2.24) is 0 Å². The van der Waals surface area contributed by atoms with E-state index in [9.17, 15) is 5.11 Å². The second-order valence-corrected chi connectivity index (χ2v) is 6.84. The van der Waals surface area contributed by atoms with Crippen molar-refractivity contribution >= 4 is 0 Å². The molecule has 0 aliphatic rings. The number of ether oxygens (including phenoxy) is 1. The van der Waals surface area contributed by atoms with Crippen molar-refractivity contribution in [3.05, 3.63) is 29.8 Å². The molecule has 0 saturated carbocycles. The third-order valence-corrected chi connectivity index (χ3v) is 4.54. The van der Waals surface area contributed by atoms with Gasteiger partial charge in [-0.25, -0.2) is 0 Å². The van der Waals surface area contributed by atoms with Gasteiger partial charge in [0.2, 0.25) is 0 Å². The molecule has 0 amide bonds. The molecule has 2 atom stereocenters. The van der Waals surface area contributed by atoms with Crippen LogP contribution in [0.25, 0.3) is 0 Å². The Bertz CT molecular complexity index is 414. The Morgan fingerprint density at radius 2 is 1.74 bits per heavy atom. The highest BCUT2D eigenvalue weighted by Gasteiger charge is 2.26. The molecule has 132 valence electrons. The van der Waals surface area contributed by atoms with E-state index >= 15 is 0 Å². The maximum absolute atomic E-state index is 9.94. The fourth-order valence-electron chi connectivity index (χ4n) is 2.69. The molecule has 0 aromatic heterocycles. The fourth-order valence-corrected chi connectivity index (χ4v) is 2.69. The van der Waals surface area contributed by atoms with Crippen LogP contribution < -0.4 is 10.5 Å². The first-order valence-electron chi connectivity index (χ1n) is 9.18. The number of aliphatic hydroxyl groups excluding tert-OH is 1. The van der Waals surface area contributed by atoms with Gasteiger partial charge in [0.15, 0.2) is 0 Å². The normalized spacial score (nSPS) is 15.2. The van der Waals surface area contributed by atoms with Crippen LogP contribution in [0.2, 0.25) is 0 Å². The summed E-state index contributed by atoms with van der Waals surface area (Å²) in [4.78, 5) is 0. The lowest BCUT2D eigenvalue weighted by molar-refractivity contribution is 0.0852. The molecular formula is C20H35NO2. The van der Waals surface area contributed by atoms with Gasteiger partial charge in [0.25, 0.3) is 0 Å². The minimum Gasteiger partial charge on any atom is -0.494 e. The molecule has 0 spiro atoms. The molecule has 1 rings (SSSR count).